The van der Waals surface area contributed by atoms with E-state index < -0.39 is 0 Å². The highest BCUT2D eigenvalue weighted by atomic mass is 32.1. The largest absolute Gasteiger partial charge is 0.339 e. The Labute approximate surface area is 118 Å². The lowest BCUT2D eigenvalue weighted by molar-refractivity contribution is 0.0707. The first-order valence-corrected chi connectivity index (χ1v) is 7.69. The lowest BCUT2D eigenvalue weighted by Gasteiger charge is -2.31. The standard InChI is InChI=1S/C15H20N2OS/c1-2-17(10-12-5-3-6-12)15(18)13-9-14(19-11-13)7-4-8-16/h9,11-12H,2-3,5-6,8,10,16H2,1H3. The molecule has 0 bridgehead atoms. The fourth-order valence-corrected chi connectivity index (χ4v) is 2.93. The molecular weight excluding hydrogens is 256 g/mol. The molecule has 0 unspecified atom stereocenters. The van der Waals surface area contributed by atoms with Crippen LogP contribution in [0.5, 0.6) is 0 Å². The lowest BCUT2D eigenvalue weighted by Crippen LogP contribution is -2.37. The molecular formula is C15H20N2OS. The summed E-state index contributed by atoms with van der Waals surface area (Å²) in [5.41, 5.74) is 6.10. The zero-order chi connectivity index (χ0) is 13.7. The Morgan fingerprint density at radius 2 is 2.37 bits per heavy atom. The minimum absolute atomic E-state index is 0.131. The van der Waals surface area contributed by atoms with Crippen LogP contribution in [-0.2, 0) is 0 Å². The zero-order valence-electron chi connectivity index (χ0n) is 11.3. The molecule has 1 aromatic rings. The average Bonchev–Trinajstić information content (AvgIpc) is 2.83. The Balaban J connectivity index is 2.01. The van der Waals surface area contributed by atoms with E-state index in [1.165, 1.54) is 30.6 Å². The third kappa shape index (κ3) is 3.59. The topological polar surface area (TPSA) is 46.3 Å². The quantitative estimate of drug-likeness (QED) is 0.858. The SMILES string of the molecule is CCN(CC1CCC1)C(=O)c1csc(C#CCN)c1. The molecule has 0 saturated heterocycles. The molecule has 1 saturated carbocycles. The summed E-state index contributed by atoms with van der Waals surface area (Å²) in [4.78, 5) is 15.3. The van der Waals surface area contributed by atoms with Gasteiger partial charge >= 0.3 is 0 Å². The number of thiophene rings is 1. The number of hydrogen-bond acceptors (Lipinski definition) is 3. The number of amides is 1. The van der Waals surface area contributed by atoms with Crippen molar-refractivity contribution in [2.75, 3.05) is 19.6 Å². The number of hydrogen-bond donors (Lipinski definition) is 1. The number of nitrogens with two attached hydrogens (primary N) is 1. The van der Waals surface area contributed by atoms with Gasteiger partial charge in [-0.1, -0.05) is 18.3 Å². The maximum Gasteiger partial charge on any atom is 0.254 e. The van der Waals surface area contributed by atoms with Crippen LogP contribution >= 0.6 is 11.3 Å². The molecule has 0 spiro atoms. The number of nitrogens with zero attached hydrogens (tertiary/aromatic N) is 1. The summed E-state index contributed by atoms with van der Waals surface area (Å²) in [6.07, 6.45) is 3.84. The van der Waals surface area contributed by atoms with E-state index in [4.69, 9.17) is 5.73 Å². The highest BCUT2D eigenvalue weighted by Crippen LogP contribution is 2.27. The second-order valence-corrected chi connectivity index (χ2v) is 5.76. The van der Waals surface area contributed by atoms with E-state index in [0.29, 0.717) is 12.5 Å². The van der Waals surface area contributed by atoms with Gasteiger partial charge in [-0.3, -0.25) is 4.79 Å². The molecule has 0 aliphatic heterocycles. The van der Waals surface area contributed by atoms with Crippen LogP contribution in [0, 0.1) is 17.8 Å². The van der Waals surface area contributed by atoms with Crippen molar-refractivity contribution >= 4 is 17.2 Å². The molecule has 3 nitrogen and oxygen atoms in total. The maximum absolute atomic E-state index is 12.4. The molecule has 19 heavy (non-hydrogen) atoms. The van der Waals surface area contributed by atoms with Crippen LogP contribution in [0.1, 0.15) is 41.4 Å². The molecule has 0 aromatic carbocycles. The second-order valence-electron chi connectivity index (χ2n) is 4.85. The van der Waals surface area contributed by atoms with Crippen molar-refractivity contribution in [1.82, 2.24) is 4.90 Å². The molecule has 1 fully saturated rings. The van der Waals surface area contributed by atoms with Crippen molar-refractivity contribution in [3.8, 4) is 11.8 Å². The highest BCUT2D eigenvalue weighted by molar-refractivity contribution is 7.10. The Morgan fingerprint density at radius 1 is 1.58 bits per heavy atom. The van der Waals surface area contributed by atoms with Gasteiger partial charge in [0, 0.05) is 18.5 Å². The van der Waals surface area contributed by atoms with Crippen LogP contribution in [0.4, 0.5) is 0 Å². The number of carbonyl (C=O) groups excluding carboxylic acids is 1. The summed E-state index contributed by atoms with van der Waals surface area (Å²) in [5, 5.41) is 1.90. The molecule has 102 valence electrons. The molecule has 2 rings (SSSR count). The molecule has 4 heteroatoms. The van der Waals surface area contributed by atoms with Gasteiger partial charge in [-0.15, -0.1) is 11.3 Å². The second kappa shape index (κ2) is 6.74. The first-order valence-electron chi connectivity index (χ1n) is 6.81. The lowest BCUT2D eigenvalue weighted by atomic mass is 9.85. The predicted molar refractivity (Wildman–Crippen MR) is 79.2 cm³/mol. The van der Waals surface area contributed by atoms with Crippen LogP contribution in [0.2, 0.25) is 0 Å². The van der Waals surface area contributed by atoms with Crippen molar-refractivity contribution in [3.05, 3.63) is 21.9 Å². The summed E-state index contributed by atoms with van der Waals surface area (Å²) in [7, 11) is 0. The summed E-state index contributed by atoms with van der Waals surface area (Å²) in [5.74, 6) is 6.62. The van der Waals surface area contributed by atoms with Gasteiger partial charge in [0.1, 0.15) is 0 Å². The molecule has 0 radical (unpaired) electrons. The summed E-state index contributed by atoms with van der Waals surface area (Å²) in [6.45, 7) is 4.06. The van der Waals surface area contributed by atoms with E-state index in [-0.39, 0.29) is 5.91 Å². The van der Waals surface area contributed by atoms with E-state index in [0.717, 1.165) is 23.5 Å². The zero-order valence-corrected chi connectivity index (χ0v) is 12.1. The first-order chi connectivity index (χ1) is 9.24. The van der Waals surface area contributed by atoms with E-state index in [2.05, 4.69) is 11.8 Å². The van der Waals surface area contributed by atoms with Crippen molar-refractivity contribution < 1.29 is 4.79 Å². The van der Waals surface area contributed by atoms with Crippen molar-refractivity contribution in [2.24, 2.45) is 11.7 Å². The minimum atomic E-state index is 0.131. The number of carbonyl (C=O) groups is 1. The Bertz CT molecular complexity index is 494. The molecule has 2 N–H and O–H groups in total. The molecule has 1 aliphatic carbocycles. The van der Waals surface area contributed by atoms with Crippen LogP contribution in [-0.4, -0.2) is 30.4 Å². The van der Waals surface area contributed by atoms with Crippen LogP contribution in [0.15, 0.2) is 11.4 Å². The predicted octanol–water partition coefficient (Wildman–Crippen LogP) is 2.32. The van der Waals surface area contributed by atoms with Gasteiger partial charge in [-0.05, 0) is 31.7 Å². The van der Waals surface area contributed by atoms with Gasteiger partial charge < -0.3 is 10.6 Å². The summed E-state index contributed by atoms with van der Waals surface area (Å²) < 4.78 is 0. The van der Waals surface area contributed by atoms with Gasteiger partial charge in [0.15, 0.2) is 0 Å². The monoisotopic (exact) mass is 276 g/mol. The highest BCUT2D eigenvalue weighted by Gasteiger charge is 2.23. The number of rotatable bonds is 4. The molecule has 1 amide bonds. The van der Waals surface area contributed by atoms with Crippen molar-refractivity contribution in [3.63, 3.8) is 0 Å². The van der Waals surface area contributed by atoms with E-state index in [1.54, 1.807) is 0 Å². The van der Waals surface area contributed by atoms with E-state index >= 15 is 0 Å². The summed E-state index contributed by atoms with van der Waals surface area (Å²) >= 11 is 1.51. The van der Waals surface area contributed by atoms with Crippen molar-refractivity contribution in [2.45, 2.75) is 26.2 Å². The van der Waals surface area contributed by atoms with Crippen molar-refractivity contribution in [1.29, 1.82) is 0 Å². The smallest absolute Gasteiger partial charge is 0.254 e. The summed E-state index contributed by atoms with van der Waals surface area (Å²) in [6, 6.07) is 1.87. The van der Waals surface area contributed by atoms with Gasteiger partial charge in [0.2, 0.25) is 0 Å². The van der Waals surface area contributed by atoms with Gasteiger partial charge in [0.25, 0.3) is 5.91 Å². The first kappa shape index (κ1) is 14.1. The average molecular weight is 276 g/mol. The third-order valence-corrected chi connectivity index (χ3v) is 4.38. The van der Waals surface area contributed by atoms with E-state index in [1.807, 2.05) is 23.3 Å². The minimum Gasteiger partial charge on any atom is -0.339 e. The van der Waals surface area contributed by atoms with Crippen LogP contribution in [0.3, 0.4) is 0 Å². The fourth-order valence-electron chi connectivity index (χ4n) is 2.18. The fraction of sp³-hybridized carbons (Fsp3) is 0.533. The Kier molecular flexibility index (Phi) is 5.00. The van der Waals surface area contributed by atoms with Gasteiger partial charge in [-0.2, -0.15) is 0 Å². The molecule has 1 heterocycles. The molecule has 1 aliphatic rings. The van der Waals surface area contributed by atoms with E-state index in [9.17, 15) is 4.79 Å². The van der Waals surface area contributed by atoms with Crippen LogP contribution in [0.25, 0.3) is 0 Å². The van der Waals surface area contributed by atoms with Gasteiger partial charge in [0.05, 0.1) is 17.0 Å². The molecule has 1 aromatic heterocycles. The third-order valence-electron chi connectivity index (χ3n) is 3.53. The van der Waals surface area contributed by atoms with Crippen LogP contribution < -0.4 is 5.73 Å². The molecule has 0 atom stereocenters. The Morgan fingerprint density at radius 3 is 2.95 bits per heavy atom. The van der Waals surface area contributed by atoms with Gasteiger partial charge in [-0.25, -0.2) is 0 Å². The maximum atomic E-state index is 12.4. The Hall–Kier alpha value is -1.31. The normalized spacial score (nSPS) is 14.4.